The Labute approximate surface area is 198 Å². The SMILES string of the molecule is O=C(O)c1cccnc1N1CCN(CCC=C2c3ccccc3OCOc3ccccc32)CC1. The number of anilines is 1. The third kappa shape index (κ3) is 4.61. The van der Waals surface area contributed by atoms with Gasteiger partial charge in [0, 0.05) is 50.0 Å². The summed E-state index contributed by atoms with van der Waals surface area (Å²) < 4.78 is 11.7. The van der Waals surface area contributed by atoms with Crippen LogP contribution in [0.1, 0.15) is 27.9 Å². The summed E-state index contributed by atoms with van der Waals surface area (Å²) in [4.78, 5) is 20.3. The van der Waals surface area contributed by atoms with Gasteiger partial charge in [0.2, 0.25) is 6.79 Å². The number of carbonyl (C=O) groups is 1. The summed E-state index contributed by atoms with van der Waals surface area (Å²) in [5.41, 5.74) is 3.51. The fourth-order valence-electron chi connectivity index (χ4n) is 4.54. The molecule has 0 atom stereocenters. The zero-order valence-corrected chi connectivity index (χ0v) is 18.9. The third-order valence-electron chi connectivity index (χ3n) is 6.27. The van der Waals surface area contributed by atoms with E-state index in [1.807, 2.05) is 36.4 Å². The fraction of sp³-hybridized carbons (Fsp3) is 0.259. The molecule has 7 nitrogen and oxygen atoms in total. The highest BCUT2D eigenvalue weighted by Crippen LogP contribution is 2.37. The number of rotatable bonds is 5. The first-order valence-electron chi connectivity index (χ1n) is 11.5. The number of hydrogen-bond donors (Lipinski definition) is 1. The lowest BCUT2D eigenvalue weighted by Gasteiger charge is -2.35. The van der Waals surface area contributed by atoms with Gasteiger partial charge < -0.3 is 19.5 Å². The summed E-state index contributed by atoms with van der Waals surface area (Å²) in [6, 6.07) is 19.4. The van der Waals surface area contributed by atoms with Gasteiger partial charge in [0.25, 0.3) is 0 Å². The van der Waals surface area contributed by atoms with E-state index in [0.29, 0.717) is 5.82 Å². The molecule has 2 aromatic carbocycles. The van der Waals surface area contributed by atoms with Crippen molar-refractivity contribution in [1.29, 1.82) is 0 Å². The van der Waals surface area contributed by atoms with Crippen molar-refractivity contribution in [2.75, 3.05) is 44.4 Å². The third-order valence-corrected chi connectivity index (χ3v) is 6.27. The molecular formula is C27H27N3O4. The predicted octanol–water partition coefficient (Wildman–Crippen LogP) is 4.15. The van der Waals surface area contributed by atoms with Crippen LogP contribution in [0.2, 0.25) is 0 Å². The molecule has 0 amide bonds. The Hall–Kier alpha value is -3.84. The summed E-state index contributed by atoms with van der Waals surface area (Å²) in [6.07, 6.45) is 4.80. The first kappa shape index (κ1) is 22.0. The summed E-state index contributed by atoms with van der Waals surface area (Å²) in [5, 5.41) is 9.46. The van der Waals surface area contributed by atoms with Gasteiger partial charge in [0.1, 0.15) is 22.9 Å². The molecule has 2 aliphatic rings. The molecule has 0 unspecified atom stereocenters. The van der Waals surface area contributed by atoms with E-state index in [4.69, 9.17) is 9.47 Å². The van der Waals surface area contributed by atoms with E-state index in [1.165, 1.54) is 0 Å². The Morgan fingerprint density at radius 3 is 2.21 bits per heavy atom. The topological polar surface area (TPSA) is 75.1 Å². The van der Waals surface area contributed by atoms with E-state index in [1.54, 1.807) is 18.3 Å². The molecular weight excluding hydrogens is 430 g/mol. The number of carboxylic acids is 1. The van der Waals surface area contributed by atoms with Crippen molar-refractivity contribution < 1.29 is 19.4 Å². The Bertz CT molecular complexity index is 1150. The second kappa shape index (κ2) is 9.97. The molecule has 0 aliphatic carbocycles. The molecule has 174 valence electrons. The van der Waals surface area contributed by atoms with Crippen molar-refractivity contribution >= 4 is 17.4 Å². The monoisotopic (exact) mass is 457 g/mol. The highest BCUT2D eigenvalue weighted by atomic mass is 16.7. The van der Waals surface area contributed by atoms with Gasteiger partial charge in [-0.3, -0.25) is 4.90 Å². The molecule has 1 N–H and O–H groups in total. The molecule has 0 radical (unpaired) electrons. The average molecular weight is 458 g/mol. The first-order chi connectivity index (χ1) is 16.7. The zero-order valence-electron chi connectivity index (χ0n) is 18.9. The molecule has 1 aromatic heterocycles. The van der Waals surface area contributed by atoms with Crippen LogP contribution in [0.15, 0.2) is 72.9 Å². The van der Waals surface area contributed by atoms with Crippen LogP contribution in [-0.4, -0.2) is 60.5 Å². The van der Waals surface area contributed by atoms with E-state index in [-0.39, 0.29) is 12.4 Å². The number of ether oxygens (including phenoxy) is 2. The van der Waals surface area contributed by atoms with Crippen LogP contribution in [-0.2, 0) is 0 Å². The number of fused-ring (bicyclic) bond motifs is 2. The summed E-state index contributed by atoms with van der Waals surface area (Å²) in [7, 11) is 0. The maximum absolute atomic E-state index is 11.5. The van der Waals surface area contributed by atoms with Crippen molar-refractivity contribution in [3.05, 3.63) is 89.6 Å². The minimum Gasteiger partial charge on any atom is -0.478 e. The van der Waals surface area contributed by atoms with Crippen LogP contribution in [0.3, 0.4) is 0 Å². The summed E-state index contributed by atoms with van der Waals surface area (Å²) in [6.45, 7) is 4.32. The molecule has 0 bridgehead atoms. The number of aromatic carboxylic acids is 1. The van der Waals surface area contributed by atoms with Crippen LogP contribution in [0.5, 0.6) is 11.5 Å². The summed E-state index contributed by atoms with van der Waals surface area (Å²) in [5.74, 6) is 1.26. The highest BCUT2D eigenvalue weighted by Gasteiger charge is 2.22. The van der Waals surface area contributed by atoms with Crippen molar-refractivity contribution in [2.24, 2.45) is 0 Å². The number of nitrogens with zero attached hydrogens (tertiary/aromatic N) is 3. The molecule has 7 heteroatoms. The smallest absolute Gasteiger partial charge is 0.339 e. The molecule has 3 heterocycles. The number of benzene rings is 2. The van der Waals surface area contributed by atoms with Crippen molar-refractivity contribution in [1.82, 2.24) is 9.88 Å². The minimum atomic E-state index is -0.940. The lowest BCUT2D eigenvalue weighted by molar-refractivity contribution is 0.0697. The largest absolute Gasteiger partial charge is 0.478 e. The lowest BCUT2D eigenvalue weighted by Crippen LogP contribution is -2.47. The minimum absolute atomic E-state index is 0.186. The Balaban J connectivity index is 1.29. The van der Waals surface area contributed by atoms with Gasteiger partial charge in [0.15, 0.2) is 0 Å². The number of para-hydroxylation sites is 2. The molecule has 5 rings (SSSR count). The van der Waals surface area contributed by atoms with Gasteiger partial charge in [-0.25, -0.2) is 9.78 Å². The number of aromatic nitrogens is 1. The van der Waals surface area contributed by atoms with Crippen molar-refractivity contribution in [3.63, 3.8) is 0 Å². The molecule has 0 saturated carbocycles. The van der Waals surface area contributed by atoms with Crippen LogP contribution >= 0.6 is 0 Å². The molecule has 34 heavy (non-hydrogen) atoms. The van der Waals surface area contributed by atoms with E-state index >= 15 is 0 Å². The predicted molar refractivity (Wildman–Crippen MR) is 131 cm³/mol. The quantitative estimate of drug-likeness (QED) is 0.617. The van der Waals surface area contributed by atoms with E-state index in [2.05, 4.69) is 33.0 Å². The molecule has 1 saturated heterocycles. The maximum atomic E-state index is 11.5. The van der Waals surface area contributed by atoms with Crippen molar-refractivity contribution in [2.45, 2.75) is 6.42 Å². The van der Waals surface area contributed by atoms with Gasteiger partial charge in [-0.15, -0.1) is 0 Å². The molecule has 3 aromatic rings. The van der Waals surface area contributed by atoms with Gasteiger partial charge in [-0.1, -0.05) is 42.5 Å². The highest BCUT2D eigenvalue weighted by molar-refractivity contribution is 5.93. The van der Waals surface area contributed by atoms with E-state index in [9.17, 15) is 9.90 Å². The van der Waals surface area contributed by atoms with Crippen LogP contribution < -0.4 is 14.4 Å². The van der Waals surface area contributed by atoms with Gasteiger partial charge in [-0.05, 0) is 36.3 Å². The van der Waals surface area contributed by atoms with Crippen LogP contribution in [0, 0.1) is 0 Å². The lowest BCUT2D eigenvalue weighted by atomic mass is 9.95. The second-order valence-electron chi connectivity index (χ2n) is 8.31. The van der Waals surface area contributed by atoms with Gasteiger partial charge >= 0.3 is 5.97 Å². The number of carboxylic acid groups (broad SMARTS) is 1. The zero-order chi connectivity index (χ0) is 23.3. The second-order valence-corrected chi connectivity index (χ2v) is 8.31. The molecule has 0 spiro atoms. The standard InChI is InChI=1S/C27H27N3O4/c31-27(32)23-9-5-13-28-26(23)30-17-15-29(16-18-30)14-6-10-20-21-7-1-3-11-24(21)33-19-34-25-12-4-2-8-22(20)25/h1-5,7-13H,6,14-19H2,(H,31,32). The Kier molecular flexibility index (Phi) is 6.44. The molecule has 1 fully saturated rings. The Morgan fingerprint density at radius 1 is 0.912 bits per heavy atom. The maximum Gasteiger partial charge on any atom is 0.339 e. The van der Waals surface area contributed by atoms with Crippen molar-refractivity contribution in [3.8, 4) is 11.5 Å². The normalized spacial score (nSPS) is 15.8. The van der Waals surface area contributed by atoms with Gasteiger partial charge in [0.05, 0.1) is 0 Å². The van der Waals surface area contributed by atoms with Crippen LogP contribution in [0.4, 0.5) is 5.82 Å². The number of pyridine rings is 1. The Morgan fingerprint density at radius 2 is 1.56 bits per heavy atom. The summed E-state index contributed by atoms with van der Waals surface area (Å²) >= 11 is 0. The van der Waals surface area contributed by atoms with Gasteiger partial charge in [-0.2, -0.15) is 0 Å². The van der Waals surface area contributed by atoms with E-state index < -0.39 is 5.97 Å². The number of piperazine rings is 1. The average Bonchev–Trinajstić information content (AvgIpc) is 2.87. The fourth-order valence-corrected chi connectivity index (χ4v) is 4.54. The first-order valence-corrected chi connectivity index (χ1v) is 11.5. The number of hydrogen-bond acceptors (Lipinski definition) is 6. The molecule has 2 aliphatic heterocycles. The van der Waals surface area contributed by atoms with E-state index in [0.717, 1.165) is 67.3 Å². The van der Waals surface area contributed by atoms with Crippen LogP contribution in [0.25, 0.3) is 5.57 Å².